The highest BCUT2D eigenvalue weighted by Crippen LogP contribution is 2.18. The van der Waals surface area contributed by atoms with Gasteiger partial charge in [0.2, 0.25) is 5.88 Å². The number of hydrogen-bond acceptors (Lipinski definition) is 2. The Labute approximate surface area is 125 Å². The number of nitrogens with zero attached hydrogens (tertiary/aromatic N) is 2. The maximum absolute atomic E-state index is 12.3. The zero-order valence-corrected chi connectivity index (χ0v) is 12.9. The van der Waals surface area contributed by atoms with Gasteiger partial charge in [0.15, 0.2) is 0 Å². The van der Waals surface area contributed by atoms with Gasteiger partial charge in [-0.05, 0) is 25.5 Å². The summed E-state index contributed by atoms with van der Waals surface area (Å²) in [6.45, 7) is 4.52. The van der Waals surface area contributed by atoms with Gasteiger partial charge >= 0.3 is 0 Å². The molecule has 1 N–H and O–H groups in total. The largest absolute Gasteiger partial charge is 0.493 e. The minimum atomic E-state index is -0.146. The molecule has 0 saturated heterocycles. The summed E-state index contributed by atoms with van der Waals surface area (Å²) >= 11 is 0. The average molecular weight is 288 g/mol. The Morgan fingerprint density at radius 1 is 1.05 bits per heavy atom. The molecule has 0 atom stereocenters. The molecule has 0 aliphatic rings. The van der Waals surface area contributed by atoms with Gasteiger partial charge in [0.25, 0.3) is 5.56 Å². The molecule has 0 spiro atoms. The van der Waals surface area contributed by atoms with Crippen LogP contribution in [0, 0.1) is 6.92 Å². The third kappa shape index (κ3) is 3.38. The summed E-state index contributed by atoms with van der Waals surface area (Å²) < 4.78 is 3.27. The van der Waals surface area contributed by atoms with Crippen LogP contribution in [0.3, 0.4) is 0 Å². The minimum Gasteiger partial charge on any atom is -0.493 e. The van der Waals surface area contributed by atoms with Crippen LogP contribution in [-0.2, 0) is 6.54 Å². The van der Waals surface area contributed by atoms with Crippen LogP contribution in [0.4, 0.5) is 0 Å². The fraction of sp³-hybridized carbons (Fsp3) is 0.471. The molecule has 2 aromatic rings. The minimum absolute atomic E-state index is 0.0827. The fourth-order valence-electron chi connectivity index (χ4n) is 2.55. The Hall–Kier alpha value is -1.97. The van der Waals surface area contributed by atoms with Crippen LogP contribution in [-0.4, -0.2) is 14.5 Å². The number of benzene rings is 1. The van der Waals surface area contributed by atoms with Crippen LogP contribution in [0.15, 0.2) is 35.1 Å². The van der Waals surface area contributed by atoms with Crippen LogP contribution in [0.1, 0.15) is 44.6 Å². The van der Waals surface area contributed by atoms with Crippen molar-refractivity contribution in [2.75, 3.05) is 0 Å². The SMILES string of the molecule is CCCCCCCn1c(O)c(C)c(=O)n1-c1ccccc1. The van der Waals surface area contributed by atoms with E-state index >= 15 is 0 Å². The summed E-state index contributed by atoms with van der Waals surface area (Å²) in [6.07, 6.45) is 5.74. The third-order valence-electron chi connectivity index (χ3n) is 3.81. The zero-order chi connectivity index (χ0) is 15.2. The third-order valence-corrected chi connectivity index (χ3v) is 3.81. The van der Waals surface area contributed by atoms with E-state index in [-0.39, 0.29) is 11.4 Å². The number of para-hydroxylation sites is 1. The Bertz CT molecular complexity index is 626. The molecule has 0 amide bonds. The smallest absolute Gasteiger partial charge is 0.278 e. The van der Waals surface area contributed by atoms with Gasteiger partial charge in [0.05, 0.1) is 11.3 Å². The van der Waals surface area contributed by atoms with Crippen LogP contribution < -0.4 is 5.56 Å². The second-order valence-corrected chi connectivity index (χ2v) is 5.44. The first kappa shape index (κ1) is 15.4. The zero-order valence-electron chi connectivity index (χ0n) is 12.9. The lowest BCUT2D eigenvalue weighted by atomic mass is 10.1. The van der Waals surface area contributed by atoms with Crippen molar-refractivity contribution < 1.29 is 5.11 Å². The van der Waals surface area contributed by atoms with Gasteiger partial charge in [-0.1, -0.05) is 50.8 Å². The summed E-state index contributed by atoms with van der Waals surface area (Å²) in [5.74, 6) is 0.0827. The number of rotatable bonds is 7. The monoisotopic (exact) mass is 288 g/mol. The molecule has 21 heavy (non-hydrogen) atoms. The normalized spacial score (nSPS) is 11.0. The number of hydrogen-bond donors (Lipinski definition) is 1. The van der Waals surface area contributed by atoms with E-state index in [1.54, 1.807) is 16.3 Å². The molecule has 0 aliphatic carbocycles. The molecule has 0 saturated carbocycles. The predicted octanol–water partition coefficient (Wildman–Crippen LogP) is 3.62. The van der Waals surface area contributed by atoms with Crippen LogP contribution in [0.5, 0.6) is 5.88 Å². The van der Waals surface area contributed by atoms with Gasteiger partial charge in [-0.25, -0.2) is 9.36 Å². The lowest BCUT2D eigenvalue weighted by Gasteiger charge is -2.12. The van der Waals surface area contributed by atoms with E-state index in [0.29, 0.717) is 12.1 Å². The van der Waals surface area contributed by atoms with Crippen molar-refractivity contribution in [2.24, 2.45) is 0 Å². The second-order valence-electron chi connectivity index (χ2n) is 5.44. The van der Waals surface area contributed by atoms with Gasteiger partial charge in [0, 0.05) is 6.54 Å². The molecule has 0 radical (unpaired) electrons. The van der Waals surface area contributed by atoms with E-state index in [1.807, 2.05) is 30.3 Å². The molecule has 1 aromatic carbocycles. The maximum atomic E-state index is 12.3. The summed E-state index contributed by atoms with van der Waals surface area (Å²) in [5, 5.41) is 10.2. The Morgan fingerprint density at radius 2 is 1.71 bits per heavy atom. The fourth-order valence-corrected chi connectivity index (χ4v) is 2.55. The molecular weight excluding hydrogens is 264 g/mol. The van der Waals surface area contributed by atoms with Crippen molar-refractivity contribution in [3.63, 3.8) is 0 Å². The van der Waals surface area contributed by atoms with Crippen molar-refractivity contribution in [1.82, 2.24) is 9.36 Å². The van der Waals surface area contributed by atoms with Crippen molar-refractivity contribution in [2.45, 2.75) is 52.5 Å². The van der Waals surface area contributed by atoms with E-state index in [2.05, 4.69) is 6.92 Å². The predicted molar refractivity (Wildman–Crippen MR) is 85.2 cm³/mol. The molecule has 0 bridgehead atoms. The van der Waals surface area contributed by atoms with E-state index in [4.69, 9.17) is 0 Å². The van der Waals surface area contributed by atoms with E-state index in [1.165, 1.54) is 19.3 Å². The molecule has 4 nitrogen and oxygen atoms in total. The van der Waals surface area contributed by atoms with Crippen molar-refractivity contribution in [1.29, 1.82) is 0 Å². The van der Waals surface area contributed by atoms with Crippen molar-refractivity contribution in [3.05, 3.63) is 46.2 Å². The molecule has 0 fully saturated rings. The first-order valence-corrected chi connectivity index (χ1v) is 7.73. The van der Waals surface area contributed by atoms with Crippen LogP contribution in [0.2, 0.25) is 0 Å². The number of aromatic nitrogens is 2. The van der Waals surface area contributed by atoms with Crippen LogP contribution in [0.25, 0.3) is 5.69 Å². The number of aromatic hydroxyl groups is 1. The van der Waals surface area contributed by atoms with Gasteiger partial charge in [-0.2, -0.15) is 0 Å². The molecule has 1 heterocycles. The lowest BCUT2D eigenvalue weighted by Crippen LogP contribution is -2.22. The van der Waals surface area contributed by atoms with Gasteiger partial charge in [-0.3, -0.25) is 4.79 Å². The summed E-state index contributed by atoms with van der Waals surface area (Å²) in [4.78, 5) is 12.3. The first-order valence-electron chi connectivity index (χ1n) is 7.73. The second kappa shape index (κ2) is 7.16. The molecular formula is C17H24N2O2. The van der Waals surface area contributed by atoms with Gasteiger partial charge in [-0.15, -0.1) is 0 Å². The summed E-state index contributed by atoms with van der Waals surface area (Å²) in [7, 11) is 0. The Kier molecular flexibility index (Phi) is 5.26. The highest BCUT2D eigenvalue weighted by Gasteiger charge is 2.16. The molecule has 0 aliphatic heterocycles. The Morgan fingerprint density at radius 3 is 2.38 bits per heavy atom. The van der Waals surface area contributed by atoms with E-state index in [9.17, 15) is 9.90 Å². The molecule has 1 aromatic heterocycles. The first-order chi connectivity index (χ1) is 10.2. The lowest BCUT2D eigenvalue weighted by molar-refractivity contribution is 0.372. The highest BCUT2D eigenvalue weighted by atomic mass is 16.3. The Balaban J connectivity index is 2.24. The van der Waals surface area contributed by atoms with Crippen LogP contribution >= 0.6 is 0 Å². The van der Waals surface area contributed by atoms with E-state index < -0.39 is 0 Å². The van der Waals surface area contributed by atoms with E-state index in [0.717, 1.165) is 18.5 Å². The quantitative estimate of drug-likeness (QED) is 0.791. The summed E-state index contributed by atoms with van der Waals surface area (Å²) in [6, 6.07) is 9.47. The molecule has 114 valence electrons. The molecule has 0 unspecified atom stereocenters. The standard InChI is InChI=1S/C17H24N2O2/c1-3-4-5-6-10-13-18-16(20)14(2)17(21)19(18)15-11-8-7-9-12-15/h7-9,11-12,20H,3-6,10,13H2,1-2H3. The van der Waals surface area contributed by atoms with Crippen molar-refractivity contribution >= 4 is 0 Å². The van der Waals surface area contributed by atoms with Crippen molar-refractivity contribution in [3.8, 4) is 11.6 Å². The highest BCUT2D eigenvalue weighted by molar-refractivity contribution is 5.34. The number of unbranched alkanes of at least 4 members (excludes halogenated alkanes) is 4. The topological polar surface area (TPSA) is 47.2 Å². The van der Waals surface area contributed by atoms with Gasteiger partial charge in [0.1, 0.15) is 0 Å². The molecule has 2 rings (SSSR count). The molecule has 4 heteroatoms. The maximum Gasteiger partial charge on any atom is 0.278 e. The summed E-state index contributed by atoms with van der Waals surface area (Å²) in [5.41, 5.74) is 1.05. The average Bonchev–Trinajstić information content (AvgIpc) is 2.72. The van der Waals surface area contributed by atoms with Gasteiger partial charge < -0.3 is 5.11 Å².